The van der Waals surface area contributed by atoms with Crippen LogP contribution in [0.15, 0.2) is 18.2 Å². The highest BCUT2D eigenvalue weighted by Crippen LogP contribution is 2.32. The van der Waals surface area contributed by atoms with Gasteiger partial charge in [0.05, 0.1) is 5.56 Å². The number of nitrogens with zero attached hydrogens (tertiary/aromatic N) is 1. The summed E-state index contributed by atoms with van der Waals surface area (Å²) in [5, 5.41) is 12.5. The molecule has 1 aliphatic rings. The summed E-state index contributed by atoms with van der Waals surface area (Å²) < 4.78 is 38.4. The van der Waals surface area contributed by atoms with Crippen LogP contribution in [0.25, 0.3) is 0 Å². The Labute approximate surface area is 130 Å². The molecule has 1 amide bonds. The molecule has 0 radical (unpaired) electrons. The van der Waals surface area contributed by atoms with Crippen molar-refractivity contribution >= 4 is 11.6 Å². The van der Waals surface area contributed by atoms with E-state index >= 15 is 0 Å². The zero-order chi connectivity index (χ0) is 16.6. The molecule has 8 heteroatoms. The fraction of sp³-hybridized carbons (Fsp3) is 0.333. The van der Waals surface area contributed by atoms with E-state index in [0.717, 1.165) is 36.4 Å². The number of alkyl halides is 3. The van der Waals surface area contributed by atoms with Crippen LogP contribution >= 0.6 is 0 Å². The second-order valence-corrected chi connectivity index (χ2v) is 5.44. The largest absolute Gasteiger partial charge is 0.416 e. The van der Waals surface area contributed by atoms with E-state index in [1.807, 2.05) is 0 Å². The predicted octanol–water partition coefficient (Wildman–Crippen LogP) is 2.63. The van der Waals surface area contributed by atoms with Gasteiger partial charge in [0.1, 0.15) is 0 Å². The fourth-order valence-corrected chi connectivity index (χ4v) is 2.53. The molecule has 0 saturated heterocycles. The third-order valence-electron chi connectivity index (χ3n) is 3.83. The molecule has 0 aliphatic carbocycles. The Morgan fingerprint density at radius 3 is 2.87 bits per heavy atom. The summed E-state index contributed by atoms with van der Waals surface area (Å²) in [6.07, 6.45) is -3.72. The van der Waals surface area contributed by atoms with E-state index in [4.69, 9.17) is 0 Å². The normalized spacial score (nSPS) is 14.4. The number of rotatable bonds is 2. The highest BCUT2D eigenvalue weighted by atomic mass is 19.4. The average Bonchev–Trinajstić information content (AvgIpc) is 2.92. The minimum absolute atomic E-state index is 0.130. The topological polar surface area (TPSA) is 69.8 Å². The molecule has 1 aromatic carbocycles. The molecule has 0 unspecified atom stereocenters. The first-order chi connectivity index (χ1) is 10.9. The van der Waals surface area contributed by atoms with Crippen LogP contribution in [0.3, 0.4) is 0 Å². The SMILES string of the molecule is Cc1ccc(C(F)(F)F)cc1NC(=O)c1n[nH]c2c1CNCC2. The van der Waals surface area contributed by atoms with Crippen molar-refractivity contribution in [1.29, 1.82) is 0 Å². The minimum atomic E-state index is -4.46. The first-order valence-electron chi connectivity index (χ1n) is 7.12. The number of amides is 1. The minimum Gasteiger partial charge on any atom is -0.320 e. The number of H-pyrrole nitrogens is 1. The molecule has 1 aromatic heterocycles. The molecule has 0 atom stereocenters. The first kappa shape index (κ1) is 15.5. The van der Waals surface area contributed by atoms with Crippen LogP contribution in [-0.4, -0.2) is 22.6 Å². The van der Waals surface area contributed by atoms with Gasteiger partial charge in [0.2, 0.25) is 0 Å². The van der Waals surface area contributed by atoms with Crippen molar-refractivity contribution in [2.24, 2.45) is 0 Å². The number of anilines is 1. The summed E-state index contributed by atoms with van der Waals surface area (Å²) in [5.41, 5.74) is 1.74. The van der Waals surface area contributed by atoms with E-state index in [1.54, 1.807) is 6.92 Å². The maximum atomic E-state index is 12.8. The number of hydrogen-bond acceptors (Lipinski definition) is 3. The average molecular weight is 324 g/mol. The molecular weight excluding hydrogens is 309 g/mol. The van der Waals surface area contributed by atoms with Crippen molar-refractivity contribution < 1.29 is 18.0 Å². The van der Waals surface area contributed by atoms with Crippen molar-refractivity contribution in [2.75, 3.05) is 11.9 Å². The number of carbonyl (C=O) groups is 1. The van der Waals surface area contributed by atoms with Crippen molar-refractivity contribution in [3.8, 4) is 0 Å². The number of aryl methyl sites for hydroxylation is 1. The van der Waals surface area contributed by atoms with E-state index < -0.39 is 17.6 Å². The quantitative estimate of drug-likeness (QED) is 0.795. The Hall–Kier alpha value is -2.35. The lowest BCUT2D eigenvalue weighted by Gasteiger charge is -2.14. The maximum absolute atomic E-state index is 12.8. The number of aromatic nitrogens is 2. The summed E-state index contributed by atoms with van der Waals surface area (Å²) in [6.45, 7) is 2.94. The van der Waals surface area contributed by atoms with Gasteiger partial charge in [-0.3, -0.25) is 9.89 Å². The van der Waals surface area contributed by atoms with Gasteiger partial charge < -0.3 is 10.6 Å². The van der Waals surface area contributed by atoms with Gasteiger partial charge in [-0.25, -0.2) is 0 Å². The lowest BCUT2D eigenvalue weighted by atomic mass is 10.1. The first-order valence-corrected chi connectivity index (χ1v) is 7.12. The van der Waals surface area contributed by atoms with Crippen molar-refractivity contribution in [3.63, 3.8) is 0 Å². The Kier molecular flexibility index (Phi) is 3.85. The molecule has 5 nitrogen and oxygen atoms in total. The summed E-state index contributed by atoms with van der Waals surface area (Å²) >= 11 is 0. The molecule has 1 aliphatic heterocycles. The molecule has 122 valence electrons. The van der Waals surface area contributed by atoms with E-state index in [2.05, 4.69) is 20.8 Å². The molecule has 0 saturated carbocycles. The van der Waals surface area contributed by atoms with Gasteiger partial charge in [-0.05, 0) is 24.6 Å². The number of benzene rings is 1. The summed E-state index contributed by atoms with van der Waals surface area (Å²) in [5.74, 6) is -0.520. The van der Waals surface area contributed by atoms with Gasteiger partial charge in [0, 0.05) is 36.5 Å². The van der Waals surface area contributed by atoms with Gasteiger partial charge in [-0.15, -0.1) is 0 Å². The highest BCUT2D eigenvalue weighted by molar-refractivity contribution is 6.04. The van der Waals surface area contributed by atoms with Crippen LogP contribution in [0.4, 0.5) is 18.9 Å². The number of fused-ring (bicyclic) bond motifs is 1. The smallest absolute Gasteiger partial charge is 0.320 e. The van der Waals surface area contributed by atoms with Crippen LogP contribution < -0.4 is 10.6 Å². The third kappa shape index (κ3) is 3.07. The second-order valence-electron chi connectivity index (χ2n) is 5.44. The van der Waals surface area contributed by atoms with Crippen molar-refractivity contribution in [1.82, 2.24) is 15.5 Å². The summed E-state index contributed by atoms with van der Waals surface area (Å²) in [6, 6.07) is 3.26. The van der Waals surface area contributed by atoms with Crippen LogP contribution in [-0.2, 0) is 19.1 Å². The Morgan fingerprint density at radius 2 is 2.13 bits per heavy atom. The molecular formula is C15H15F3N4O. The zero-order valence-electron chi connectivity index (χ0n) is 12.3. The molecule has 2 heterocycles. The van der Waals surface area contributed by atoms with E-state index in [-0.39, 0.29) is 11.4 Å². The van der Waals surface area contributed by atoms with E-state index in [1.165, 1.54) is 6.07 Å². The Morgan fingerprint density at radius 1 is 1.35 bits per heavy atom. The number of aromatic amines is 1. The monoisotopic (exact) mass is 324 g/mol. The predicted molar refractivity (Wildman–Crippen MR) is 78.1 cm³/mol. The molecule has 0 spiro atoms. The molecule has 0 bridgehead atoms. The van der Waals surface area contributed by atoms with Gasteiger partial charge in [-0.2, -0.15) is 18.3 Å². The maximum Gasteiger partial charge on any atom is 0.416 e. The Balaban J connectivity index is 1.87. The van der Waals surface area contributed by atoms with Gasteiger partial charge in [-0.1, -0.05) is 6.07 Å². The number of hydrogen-bond donors (Lipinski definition) is 3. The van der Waals surface area contributed by atoms with Crippen LogP contribution in [0.5, 0.6) is 0 Å². The van der Waals surface area contributed by atoms with Crippen LogP contribution in [0.2, 0.25) is 0 Å². The molecule has 3 N–H and O–H groups in total. The van der Waals surface area contributed by atoms with E-state index in [0.29, 0.717) is 12.1 Å². The van der Waals surface area contributed by atoms with E-state index in [9.17, 15) is 18.0 Å². The lowest BCUT2D eigenvalue weighted by Crippen LogP contribution is -2.25. The number of carbonyl (C=O) groups excluding carboxylic acids is 1. The zero-order valence-corrected chi connectivity index (χ0v) is 12.3. The van der Waals surface area contributed by atoms with Crippen molar-refractivity contribution in [3.05, 3.63) is 46.3 Å². The van der Waals surface area contributed by atoms with Crippen molar-refractivity contribution in [2.45, 2.75) is 26.1 Å². The van der Waals surface area contributed by atoms with Crippen LogP contribution in [0.1, 0.15) is 32.9 Å². The molecule has 23 heavy (non-hydrogen) atoms. The van der Waals surface area contributed by atoms with Gasteiger partial charge in [0.15, 0.2) is 5.69 Å². The summed E-state index contributed by atoms with van der Waals surface area (Å²) in [4.78, 5) is 12.4. The van der Waals surface area contributed by atoms with Crippen LogP contribution in [0, 0.1) is 6.92 Å². The summed E-state index contributed by atoms with van der Waals surface area (Å²) in [7, 11) is 0. The molecule has 2 aromatic rings. The fourth-order valence-electron chi connectivity index (χ4n) is 2.53. The third-order valence-corrected chi connectivity index (χ3v) is 3.83. The Bertz CT molecular complexity index is 752. The number of halogens is 3. The standard InChI is InChI=1S/C15H15F3N4O/c1-8-2-3-9(15(16,17)18)6-12(8)20-14(23)13-10-7-19-5-4-11(10)21-22-13/h2-3,6,19H,4-5,7H2,1H3,(H,20,23)(H,21,22). The second kappa shape index (κ2) is 5.69. The highest BCUT2D eigenvalue weighted by Gasteiger charge is 2.31. The molecule has 0 fully saturated rings. The van der Waals surface area contributed by atoms with Gasteiger partial charge >= 0.3 is 6.18 Å². The number of nitrogens with one attached hydrogen (secondary N) is 3. The molecule has 3 rings (SSSR count). The van der Waals surface area contributed by atoms with Gasteiger partial charge in [0.25, 0.3) is 5.91 Å². The lowest BCUT2D eigenvalue weighted by molar-refractivity contribution is -0.137.